The Labute approximate surface area is 145 Å². The van der Waals surface area contributed by atoms with Crippen LogP contribution in [0.15, 0.2) is 60.9 Å². The van der Waals surface area contributed by atoms with Crippen LogP contribution in [0.25, 0.3) is 11.1 Å². The van der Waals surface area contributed by atoms with Crippen LogP contribution in [-0.2, 0) is 5.60 Å². The topological polar surface area (TPSA) is 60.9 Å². The standard InChI is InChI=1S/C19H18ClN3O/c20-18-7-5-16(6-8-18)19(24,17-11-21-12-17)15-3-1-13(2-4-15)14-9-22-23-10-14/h1-10,17,21,24H,11-12H2,(H,22,23). The van der Waals surface area contributed by atoms with E-state index >= 15 is 0 Å². The number of aromatic amines is 1. The summed E-state index contributed by atoms with van der Waals surface area (Å²) in [4.78, 5) is 0. The van der Waals surface area contributed by atoms with Gasteiger partial charge in [-0.05, 0) is 28.8 Å². The summed E-state index contributed by atoms with van der Waals surface area (Å²) in [6.07, 6.45) is 3.65. The number of benzene rings is 2. The van der Waals surface area contributed by atoms with Crippen molar-refractivity contribution in [1.29, 1.82) is 0 Å². The molecule has 1 aromatic heterocycles. The Kier molecular flexibility index (Phi) is 3.88. The van der Waals surface area contributed by atoms with E-state index in [-0.39, 0.29) is 5.92 Å². The Morgan fingerprint density at radius 3 is 2.08 bits per heavy atom. The molecule has 1 unspecified atom stereocenters. The van der Waals surface area contributed by atoms with Crippen molar-refractivity contribution in [3.8, 4) is 11.1 Å². The zero-order chi connectivity index (χ0) is 16.6. The highest BCUT2D eigenvalue weighted by Gasteiger charge is 2.43. The number of hydrogen-bond donors (Lipinski definition) is 3. The largest absolute Gasteiger partial charge is 0.380 e. The predicted octanol–water partition coefficient (Wildman–Crippen LogP) is 3.19. The average molecular weight is 340 g/mol. The molecule has 1 fully saturated rings. The van der Waals surface area contributed by atoms with Crippen LogP contribution in [0.1, 0.15) is 11.1 Å². The van der Waals surface area contributed by atoms with Gasteiger partial charge in [0.05, 0.1) is 6.20 Å². The summed E-state index contributed by atoms with van der Waals surface area (Å²) >= 11 is 6.01. The molecule has 1 saturated heterocycles. The fraction of sp³-hybridized carbons (Fsp3) is 0.211. The molecule has 2 aromatic carbocycles. The maximum absolute atomic E-state index is 11.6. The molecule has 1 aliphatic rings. The van der Waals surface area contributed by atoms with Crippen LogP contribution in [0.5, 0.6) is 0 Å². The van der Waals surface area contributed by atoms with Crippen LogP contribution in [0, 0.1) is 5.92 Å². The number of aliphatic hydroxyl groups is 1. The minimum absolute atomic E-state index is 0.137. The molecule has 5 heteroatoms. The summed E-state index contributed by atoms with van der Waals surface area (Å²) in [5, 5.41) is 22.3. The van der Waals surface area contributed by atoms with Crippen molar-refractivity contribution in [2.24, 2.45) is 5.92 Å². The molecule has 0 radical (unpaired) electrons. The molecule has 0 amide bonds. The van der Waals surface area contributed by atoms with Gasteiger partial charge in [0, 0.05) is 35.8 Å². The van der Waals surface area contributed by atoms with Crippen molar-refractivity contribution in [2.75, 3.05) is 13.1 Å². The third-order valence-electron chi connectivity index (χ3n) is 4.81. The second kappa shape index (κ2) is 6.06. The summed E-state index contributed by atoms with van der Waals surface area (Å²) in [7, 11) is 0. The molecule has 4 rings (SSSR count). The number of nitrogens with one attached hydrogen (secondary N) is 2. The van der Waals surface area contributed by atoms with E-state index in [0.717, 1.165) is 35.3 Å². The Hall–Kier alpha value is -2.14. The maximum atomic E-state index is 11.6. The van der Waals surface area contributed by atoms with Crippen LogP contribution in [-0.4, -0.2) is 28.4 Å². The first-order chi connectivity index (χ1) is 11.7. The average Bonchev–Trinajstić information content (AvgIpc) is 3.08. The fourth-order valence-corrected chi connectivity index (χ4v) is 3.38. The molecule has 1 aliphatic heterocycles. The van der Waals surface area contributed by atoms with Crippen LogP contribution < -0.4 is 5.32 Å². The van der Waals surface area contributed by atoms with Gasteiger partial charge in [0.15, 0.2) is 0 Å². The Morgan fingerprint density at radius 1 is 0.958 bits per heavy atom. The van der Waals surface area contributed by atoms with Crippen LogP contribution in [0.3, 0.4) is 0 Å². The van der Waals surface area contributed by atoms with Gasteiger partial charge in [-0.2, -0.15) is 5.10 Å². The minimum Gasteiger partial charge on any atom is -0.380 e. The summed E-state index contributed by atoms with van der Waals surface area (Å²) in [5.41, 5.74) is 2.84. The molecule has 0 saturated carbocycles. The van der Waals surface area contributed by atoms with Gasteiger partial charge in [0.2, 0.25) is 0 Å². The number of rotatable bonds is 4. The van der Waals surface area contributed by atoms with Crippen molar-refractivity contribution < 1.29 is 5.11 Å². The highest BCUT2D eigenvalue weighted by atomic mass is 35.5. The summed E-state index contributed by atoms with van der Waals surface area (Å²) < 4.78 is 0. The highest BCUT2D eigenvalue weighted by Crippen LogP contribution is 2.39. The second-order valence-electron chi connectivity index (χ2n) is 6.19. The van der Waals surface area contributed by atoms with E-state index in [9.17, 15) is 5.11 Å². The Morgan fingerprint density at radius 2 is 1.58 bits per heavy atom. The molecule has 0 aliphatic carbocycles. The second-order valence-corrected chi connectivity index (χ2v) is 6.63. The first kappa shape index (κ1) is 15.4. The van der Waals surface area contributed by atoms with E-state index < -0.39 is 5.60 Å². The summed E-state index contributed by atoms with van der Waals surface area (Å²) in [6, 6.07) is 15.5. The first-order valence-corrected chi connectivity index (χ1v) is 8.34. The van der Waals surface area contributed by atoms with Crippen molar-refractivity contribution in [2.45, 2.75) is 5.60 Å². The van der Waals surface area contributed by atoms with Crippen molar-refractivity contribution >= 4 is 11.6 Å². The molecule has 3 N–H and O–H groups in total. The minimum atomic E-state index is -1.02. The SMILES string of the molecule is OC(c1ccc(Cl)cc1)(c1ccc(-c2cn[nH]c2)cc1)C1CNC1. The fourth-order valence-electron chi connectivity index (χ4n) is 3.25. The highest BCUT2D eigenvalue weighted by molar-refractivity contribution is 6.30. The number of H-pyrrole nitrogens is 1. The van der Waals surface area contributed by atoms with Gasteiger partial charge >= 0.3 is 0 Å². The normalized spacial score (nSPS) is 17.2. The third-order valence-corrected chi connectivity index (χ3v) is 5.07. The quantitative estimate of drug-likeness (QED) is 0.684. The number of hydrogen-bond acceptors (Lipinski definition) is 3. The Bertz CT molecular complexity index is 811. The lowest BCUT2D eigenvalue weighted by Crippen LogP contribution is -2.54. The predicted molar refractivity (Wildman–Crippen MR) is 94.8 cm³/mol. The van der Waals surface area contributed by atoms with Crippen molar-refractivity contribution in [3.05, 3.63) is 77.1 Å². The van der Waals surface area contributed by atoms with Crippen LogP contribution >= 0.6 is 11.6 Å². The summed E-state index contributed by atoms with van der Waals surface area (Å²) in [6.45, 7) is 1.59. The number of aromatic nitrogens is 2. The van der Waals surface area contributed by atoms with Crippen LogP contribution in [0.4, 0.5) is 0 Å². The van der Waals surface area contributed by atoms with E-state index in [2.05, 4.69) is 15.5 Å². The molecule has 0 bridgehead atoms. The first-order valence-electron chi connectivity index (χ1n) is 7.97. The monoisotopic (exact) mass is 339 g/mol. The molecule has 122 valence electrons. The van der Waals surface area contributed by atoms with Gasteiger partial charge < -0.3 is 10.4 Å². The lowest BCUT2D eigenvalue weighted by molar-refractivity contribution is -0.00748. The van der Waals surface area contributed by atoms with Crippen molar-refractivity contribution in [1.82, 2.24) is 15.5 Å². The molecule has 4 nitrogen and oxygen atoms in total. The van der Waals surface area contributed by atoms with Gasteiger partial charge in [-0.3, -0.25) is 5.10 Å². The smallest absolute Gasteiger partial charge is 0.120 e. The third kappa shape index (κ3) is 2.53. The lowest BCUT2D eigenvalue weighted by Gasteiger charge is -2.43. The van der Waals surface area contributed by atoms with E-state index in [1.54, 1.807) is 6.20 Å². The molecular formula is C19H18ClN3O. The maximum Gasteiger partial charge on any atom is 0.120 e. The number of nitrogens with zero attached hydrogens (tertiary/aromatic N) is 1. The van der Waals surface area contributed by atoms with Crippen LogP contribution in [0.2, 0.25) is 5.02 Å². The van der Waals surface area contributed by atoms with E-state index in [1.165, 1.54) is 0 Å². The van der Waals surface area contributed by atoms with Crippen molar-refractivity contribution in [3.63, 3.8) is 0 Å². The van der Waals surface area contributed by atoms with E-state index in [1.807, 2.05) is 54.7 Å². The van der Waals surface area contributed by atoms with Gasteiger partial charge in [-0.1, -0.05) is 48.0 Å². The molecular weight excluding hydrogens is 322 g/mol. The molecule has 1 atom stereocenters. The van der Waals surface area contributed by atoms with Gasteiger partial charge in [0.1, 0.15) is 5.60 Å². The summed E-state index contributed by atoms with van der Waals surface area (Å²) in [5.74, 6) is 0.137. The zero-order valence-corrected chi connectivity index (χ0v) is 13.8. The van der Waals surface area contributed by atoms with Gasteiger partial charge in [-0.25, -0.2) is 0 Å². The number of halogens is 1. The molecule has 24 heavy (non-hydrogen) atoms. The Balaban J connectivity index is 1.75. The zero-order valence-electron chi connectivity index (χ0n) is 13.0. The molecule has 3 aromatic rings. The molecule has 2 heterocycles. The van der Waals surface area contributed by atoms with E-state index in [0.29, 0.717) is 5.02 Å². The van der Waals surface area contributed by atoms with Gasteiger partial charge in [0.25, 0.3) is 0 Å². The lowest BCUT2D eigenvalue weighted by atomic mass is 9.73. The van der Waals surface area contributed by atoms with E-state index in [4.69, 9.17) is 11.6 Å². The molecule has 0 spiro atoms. The van der Waals surface area contributed by atoms with Gasteiger partial charge in [-0.15, -0.1) is 0 Å².